The van der Waals surface area contributed by atoms with Gasteiger partial charge in [-0.1, -0.05) is 73.7 Å². The molecule has 6 atom stereocenters. The van der Waals surface area contributed by atoms with Gasteiger partial charge in [-0.05, 0) is 66.1 Å². The Kier molecular flexibility index (Phi) is 11.8. The van der Waals surface area contributed by atoms with Crippen molar-refractivity contribution >= 4 is 11.8 Å². The first kappa shape index (κ1) is 37.0. The Morgan fingerprint density at radius 3 is 2.35 bits per heavy atom. The van der Waals surface area contributed by atoms with Crippen LogP contribution in [0.2, 0.25) is 0 Å². The highest BCUT2D eigenvalue weighted by molar-refractivity contribution is 5.90. The molecule has 3 aliphatic heterocycles. The minimum Gasteiger partial charge on any atom is -0.392 e. The van der Waals surface area contributed by atoms with Gasteiger partial charge < -0.3 is 29.5 Å². The van der Waals surface area contributed by atoms with Crippen molar-refractivity contribution in [1.82, 2.24) is 15.1 Å². The molecule has 6 rings (SSSR count). The number of amides is 2. The van der Waals surface area contributed by atoms with Crippen LogP contribution in [0.5, 0.6) is 0 Å². The number of carbonyl (C=O) groups excluding carboxylic acids is 2. The van der Waals surface area contributed by atoms with Crippen LogP contribution in [0.3, 0.4) is 0 Å². The molecule has 6 unspecified atom stereocenters. The van der Waals surface area contributed by atoms with E-state index in [0.29, 0.717) is 24.0 Å². The first-order valence-electron chi connectivity index (χ1n) is 17.6. The van der Waals surface area contributed by atoms with Gasteiger partial charge in [0.25, 0.3) is 0 Å². The molecule has 274 valence electrons. The van der Waals surface area contributed by atoms with Gasteiger partial charge in [-0.2, -0.15) is 13.2 Å². The second kappa shape index (κ2) is 16.2. The Labute approximate surface area is 296 Å². The number of rotatable bonds is 11. The molecular weight excluding hydrogens is 663 g/mol. The fraction of sp³-hybridized carbons (Fsp3) is 0.487. The van der Waals surface area contributed by atoms with E-state index in [0.717, 1.165) is 59.3 Å². The molecular formula is C39H46F3N3O6. The van der Waals surface area contributed by atoms with Crippen molar-refractivity contribution in [2.24, 2.45) is 5.92 Å². The number of nitrogens with one attached hydrogen (secondary N) is 1. The Morgan fingerprint density at radius 1 is 0.922 bits per heavy atom. The van der Waals surface area contributed by atoms with Crippen LogP contribution in [0, 0.1) is 5.92 Å². The van der Waals surface area contributed by atoms with Gasteiger partial charge in [0.05, 0.1) is 25.4 Å². The molecule has 0 spiro atoms. The van der Waals surface area contributed by atoms with E-state index in [1.807, 2.05) is 72.8 Å². The average molecular weight is 710 g/mol. The molecule has 3 aliphatic rings. The number of aliphatic hydroxyl groups is 1. The number of hydrogen-bond acceptors (Lipinski definition) is 7. The summed E-state index contributed by atoms with van der Waals surface area (Å²) in [5.41, 5.74) is 5.35. The summed E-state index contributed by atoms with van der Waals surface area (Å²) in [5, 5.41) is 12.3. The molecule has 9 nitrogen and oxygen atoms in total. The number of likely N-dealkylation sites (tertiary alicyclic amines) is 2. The molecule has 0 saturated carbocycles. The van der Waals surface area contributed by atoms with Crippen LogP contribution in [0.25, 0.3) is 11.1 Å². The molecule has 12 heteroatoms. The van der Waals surface area contributed by atoms with Gasteiger partial charge in [-0.15, -0.1) is 0 Å². The fourth-order valence-corrected chi connectivity index (χ4v) is 7.52. The van der Waals surface area contributed by atoms with Gasteiger partial charge in [0.1, 0.15) is 6.04 Å². The van der Waals surface area contributed by atoms with Crippen molar-refractivity contribution in [1.29, 1.82) is 0 Å². The maximum absolute atomic E-state index is 13.0. The van der Waals surface area contributed by atoms with Crippen molar-refractivity contribution in [2.45, 2.75) is 82.5 Å². The van der Waals surface area contributed by atoms with E-state index in [4.69, 9.17) is 14.2 Å². The van der Waals surface area contributed by atoms with Crippen molar-refractivity contribution in [2.75, 3.05) is 33.4 Å². The van der Waals surface area contributed by atoms with E-state index in [1.54, 1.807) is 7.11 Å². The summed E-state index contributed by atoms with van der Waals surface area (Å²) in [6.07, 6.45) is -3.19. The minimum absolute atomic E-state index is 0.0256. The maximum Gasteiger partial charge on any atom is 0.471 e. The number of benzene rings is 3. The van der Waals surface area contributed by atoms with E-state index in [2.05, 4.69) is 17.1 Å². The van der Waals surface area contributed by atoms with Gasteiger partial charge in [0, 0.05) is 44.3 Å². The third-order valence-electron chi connectivity index (χ3n) is 10.4. The molecule has 3 saturated heterocycles. The smallest absolute Gasteiger partial charge is 0.392 e. The summed E-state index contributed by atoms with van der Waals surface area (Å²) >= 11 is 0. The van der Waals surface area contributed by atoms with Crippen LogP contribution in [0.4, 0.5) is 13.2 Å². The zero-order valence-corrected chi connectivity index (χ0v) is 29.0. The predicted octanol–water partition coefficient (Wildman–Crippen LogP) is 5.92. The number of halogens is 3. The minimum atomic E-state index is -5.02. The maximum atomic E-state index is 13.0. The number of hydrogen-bond donors (Lipinski definition) is 2. The summed E-state index contributed by atoms with van der Waals surface area (Å²) in [6, 6.07) is 22.6. The Hall–Kier alpha value is -3.81. The lowest BCUT2D eigenvalue weighted by molar-refractivity contribution is -0.276. The number of methoxy groups -OCH3 is 1. The molecule has 0 aliphatic carbocycles. The number of ether oxygens (including phenoxy) is 3. The number of aliphatic hydroxyl groups excluding tert-OH is 1. The van der Waals surface area contributed by atoms with E-state index >= 15 is 0 Å². The first-order chi connectivity index (χ1) is 24.5. The summed E-state index contributed by atoms with van der Waals surface area (Å²) in [6.45, 7) is 4.60. The molecule has 3 fully saturated rings. The van der Waals surface area contributed by atoms with Crippen LogP contribution < -0.4 is 5.32 Å². The second-order valence-corrected chi connectivity index (χ2v) is 13.8. The van der Waals surface area contributed by atoms with E-state index in [1.165, 1.54) is 0 Å². The molecule has 2 amide bonds. The Balaban J connectivity index is 1.15. The SMILES string of the molecule is COCC1CCCN1CC1OC(c2ccc(-c3cccc(CNC(=O)C4CCCN4C(=O)C(F)(F)F)c3)cc2)OC(c2ccc(CO)cc2)C1C. The molecule has 3 heterocycles. The van der Waals surface area contributed by atoms with E-state index < -0.39 is 30.3 Å². The number of nitrogens with zero attached hydrogens (tertiary/aromatic N) is 2. The molecule has 0 aromatic heterocycles. The zero-order chi connectivity index (χ0) is 36.1. The zero-order valence-electron chi connectivity index (χ0n) is 29.0. The highest BCUT2D eigenvalue weighted by Crippen LogP contribution is 2.42. The molecule has 3 aromatic rings. The molecule has 0 bridgehead atoms. The summed E-state index contributed by atoms with van der Waals surface area (Å²) in [7, 11) is 1.74. The number of alkyl halides is 3. The van der Waals surface area contributed by atoms with E-state index in [-0.39, 0.29) is 44.2 Å². The lowest BCUT2D eigenvalue weighted by Gasteiger charge is -2.43. The first-order valence-corrected chi connectivity index (χ1v) is 17.6. The van der Waals surface area contributed by atoms with Gasteiger partial charge in [0.2, 0.25) is 5.91 Å². The fourth-order valence-electron chi connectivity index (χ4n) is 7.52. The molecule has 0 radical (unpaired) electrons. The van der Waals surface area contributed by atoms with Gasteiger partial charge >= 0.3 is 12.1 Å². The Morgan fingerprint density at radius 2 is 1.65 bits per heavy atom. The molecule has 51 heavy (non-hydrogen) atoms. The van der Waals surface area contributed by atoms with E-state index in [9.17, 15) is 27.9 Å². The monoisotopic (exact) mass is 709 g/mol. The van der Waals surface area contributed by atoms with Crippen LogP contribution in [-0.2, 0) is 37.0 Å². The Bertz CT molecular complexity index is 1640. The summed E-state index contributed by atoms with van der Waals surface area (Å²) in [4.78, 5) is 27.7. The quantitative estimate of drug-likeness (QED) is 0.255. The van der Waals surface area contributed by atoms with Gasteiger partial charge in [-0.3, -0.25) is 14.5 Å². The van der Waals surface area contributed by atoms with Crippen LogP contribution >= 0.6 is 0 Å². The highest BCUT2D eigenvalue weighted by atomic mass is 19.4. The summed E-state index contributed by atoms with van der Waals surface area (Å²) < 4.78 is 58.0. The predicted molar refractivity (Wildman–Crippen MR) is 184 cm³/mol. The standard InChI is InChI=1S/C39H46F3N3O6/c1-25-34(22-44-18-4-8-32(44)24-49-2)50-37(51-35(25)29-12-10-26(23-46)11-13-29)30-16-14-28(15-17-30)31-7-3-6-27(20-31)21-43-36(47)33-9-5-19-45(33)38(48)39(40,41)42/h3,6-7,10-17,20,25,32-35,37,46H,4-5,8-9,18-19,21-24H2,1-2H3,(H,43,47). The molecule has 3 aromatic carbocycles. The van der Waals surface area contributed by atoms with Gasteiger partial charge in [0.15, 0.2) is 6.29 Å². The number of carbonyl (C=O) groups is 2. The van der Waals surface area contributed by atoms with Crippen LogP contribution in [-0.4, -0.2) is 84.4 Å². The van der Waals surface area contributed by atoms with Crippen molar-refractivity contribution < 1.29 is 42.1 Å². The lowest BCUT2D eigenvalue weighted by atomic mass is 9.89. The topological polar surface area (TPSA) is 101 Å². The summed E-state index contributed by atoms with van der Waals surface area (Å²) in [5.74, 6) is -2.51. The highest BCUT2D eigenvalue weighted by Gasteiger charge is 2.47. The normalized spacial score (nSPS) is 25.6. The molecule has 2 N–H and O–H groups in total. The third-order valence-corrected chi connectivity index (χ3v) is 10.4. The van der Waals surface area contributed by atoms with Crippen LogP contribution in [0.1, 0.15) is 67.3 Å². The third kappa shape index (κ3) is 8.64. The van der Waals surface area contributed by atoms with Crippen molar-refractivity contribution in [3.63, 3.8) is 0 Å². The van der Waals surface area contributed by atoms with Crippen LogP contribution in [0.15, 0.2) is 72.8 Å². The van der Waals surface area contributed by atoms with Crippen molar-refractivity contribution in [3.05, 3.63) is 95.1 Å². The van der Waals surface area contributed by atoms with Crippen molar-refractivity contribution in [3.8, 4) is 11.1 Å². The lowest BCUT2D eigenvalue weighted by Crippen LogP contribution is -2.50. The average Bonchev–Trinajstić information content (AvgIpc) is 3.81. The van der Waals surface area contributed by atoms with Gasteiger partial charge in [-0.25, -0.2) is 0 Å². The second-order valence-electron chi connectivity index (χ2n) is 13.8. The largest absolute Gasteiger partial charge is 0.471 e.